The largest absolute Gasteiger partial charge is 0.366 e. The van der Waals surface area contributed by atoms with Crippen LogP contribution >= 0.6 is 0 Å². The van der Waals surface area contributed by atoms with Crippen molar-refractivity contribution in [2.75, 3.05) is 5.32 Å². The number of carbonyl (C=O) groups is 2. The van der Waals surface area contributed by atoms with Gasteiger partial charge in [0.1, 0.15) is 5.69 Å². The van der Waals surface area contributed by atoms with Gasteiger partial charge >= 0.3 is 0 Å². The number of hydrogen-bond acceptors (Lipinski definition) is 5. The highest BCUT2D eigenvalue weighted by atomic mass is 16.2. The standard InChI is InChI=1S/C23H22N6O2/c1-3-15-8-10-16(11-9-15)13-29-14(2)22(27-28-29)26-23(31)20-12-18(21(24)30)17-6-4-5-7-19(17)25-20/h4-12H,3,13H2,1-2H3,(H2,24,30)(H,26,31). The van der Waals surface area contributed by atoms with Crippen molar-refractivity contribution in [3.63, 3.8) is 0 Å². The van der Waals surface area contributed by atoms with Crippen molar-refractivity contribution in [3.05, 3.63) is 82.7 Å². The van der Waals surface area contributed by atoms with E-state index in [9.17, 15) is 9.59 Å². The summed E-state index contributed by atoms with van der Waals surface area (Å²) in [7, 11) is 0. The smallest absolute Gasteiger partial charge is 0.275 e. The summed E-state index contributed by atoms with van der Waals surface area (Å²) in [5.74, 6) is -0.773. The van der Waals surface area contributed by atoms with Crippen LogP contribution in [0, 0.1) is 6.92 Å². The first-order valence-electron chi connectivity index (χ1n) is 9.95. The predicted molar refractivity (Wildman–Crippen MR) is 118 cm³/mol. The van der Waals surface area contributed by atoms with Gasteiger partial charge in [-0.3, -0.25) is 9.59 Å². The normalized spacial score (nSPS) is 10.9. The Hall–Kier alpha value is -4.07. The lowest BCUT2D eigenvalue weighted by Gasteiger charge is -2.08. The Bertz CT molecular complexity index is 1280. The maximum atomic E-state index is 12.8. The quantitative estimate of drug-likeness (QED) is 0.503. The van der Waals surface area contributed by atoms with Gasteiger partial charge in [-0.1, -0.05) is 54.6 Å². The average Bonchev–Trinajstić information content (AvgIpc) is 3.12. The lowest BCUT2D eigenvalue weighted by Crippen LogP contribution is -2.18. The predicted octanol–water partition coefficient (Wildman–Crippen LogP) is 3.10. The fourth-order valence-corrected chi connectivity index (χ4v) is 3.35. The van der Waals surface area contributed by atoms with E-state index in [1.165, 1.54) is 11.6 Å². The number of anilines is 1. The number of aromatic nitrogens is 4. The Morgan fingerprint density at radius 1 is 1.06 bits per heavy atom. The molecule has 0 aliphatic heterocycles. The van der Waals surface area contributed by atoms with Crippen LogP contribution in [0.1, 0.15) is 44.6 Å². The van der Waals surface area contributed by atoms with Gasteiger partial charge in [-0.25, -0.2) is 9.67 Å². The Morgan fingerprint density at radius 3 is 2.48 bits per heavy atom. The minimum Gasteiger partial charge on any atom is -0.366 e. The van der Waals surface area contributed by atoms with E-state index in [0.717, 1.165) is 12.0 Å². The van der Waals surface area contributed by atoms with Crippen LogP contribution in [-0.4, -0.2) is 31.8 Å². The zero-order valence-corrected chi connectivity index (χ0v) is 17.3. The van der Waals surface area contributed by atoms with E-state index in [0.29, 0.717) is 29.0 Å². The molecule has 2 amide bonds. The van der Waals surface area contributed by atoms with Crippen molar-refractivity contribution in [2.24, 2.45) is 5.73 Å². The molecule has 0 atom stereocenters. The van der Waals surface area contributed by atoms with Gasteiger partial charge in [-0.2, -0.15) is 0 Å². The number of benzene rings is 2. The molecule has 0 fully saturated rings. The number of para-hydroxylation sites is 1. The van der Waals surface area contributed by atoms with Crippen molar-refractivity contribution < 1.29 is 9.59 Å². The van der Waals surface area contributed by atoms with Gasteiger partial charge in [-0.15, -0.1) is 5.10 Å². The fraction of sp³-hybridized carbons (Fsp3) is 0.174. The molecule has 8 heteroatoms. The first kappa shape index (κ1) is 20.2. The van der Waals surface area contributed by atoms with Crippen LogP contribution in [0.3, 0.4) is 0 Å². The zero-order valence-electron chi connectivity index (χ0n) is 17.3. The van der Waals surface area contributed by atoms with E-state index in [1.807, 2.05) is 6.92 Å². The van der Waals surface area contributed by atoms with E-state index in [1.54, 1.807) is 28.9 Å². The Balaban J connectivity index is 1.57. The summed E-state index contributed by atoms with van der Waals surface area (Å²) in [6.45, 7) is 4.49. The number of carbonyl (C=O) groups excluding carboxylic acids is 2. The van der Waals surface area contributed by atoms with Gasteiger partial charge in [0.15, 0.2) is 5.82 Å². The van der Waals surface area contributed by atoms with Gasteiger partial charge in [0.05, 0.1) is 23.3 Å². The highest BCUT2D eigenvalue weighted by Crippen LogP contribution is 2.19. The highest BCUT2D eigenvalue weighted by Gasteiger charge is 2.18. The molecule has 0 bridgehead atoms. The summed E-state index contributed by atoms with van der Waals surface area (Å²) in [4.78, 5) is 29.0. The molecule has 31 heavy (non-hydrogen) atoms. The van der Waals surface area contributed by atoms with E-state index < -0.39 is 11.8 Å². The first-order chi connectivity index (χ1) is 15.0. The van der Waals surface area contributed by atoms with Crippen molar-refractivity contribution >= 4 is 28.5 Å². The molecule has 4 rings (SSSR count). The molecule has 0 aliphatic carbocycles. The molecule has 0 radical (unpaired) electrons. The van der Waals surface area contributed by atoms with Gasteiger partial charge in [0, 0.05) is 5.39 Å². The first-order valence-corrected chi connectivity index (χ1v) is 9.95. The van der Waals surface area contributed by atoms with Crippen LogP contribution in [-0.2, 0) is 13.0 Å². The monoisotopic (exact) mass is 414 g/mol. The minimum absolute atomic E-state index is 0.0802. The lowest BCUT2D eigenvalue weighted by molar-refractivity contribution is 0.100. The number of amides is 2. The molecule has 0 unspecified atom stereocenters. The Labute approximate surface area is 179 Å². The number of primary amides is 1. The number of fused-ring (bicyclic) bond motifs is 1. The third-order valence-electron chi connectivity index (χ3n) is 5.19. The molecule has 0 saturated carbocycles. The van der Waals surface area contributed by atoms with Crippen LogP contribution in [0.2, 0.25) is 0 Å². The number of hydrogen-bond donors (Lipinski definition) is 2. The van der Waals surface area contributed by atoms with Crippen molar-refractivity contribution in [1.82, 2.24) is 20.0 Å². The molecule has 2 heterocycles. The zero-order chi connectivity index (χ0) is 22.0. The number of nitrogens with two attached hydrogens (primary N) is 1. The van der Waals surface area contributed by atoms with Crippen LogP contribution in [0.15, 0.2) is 54.6 Å². The van der Waals surface area contributed by atoms with Gasteiger partial charge in [0.25, 0.3) is 5.91 Å². The second kappa shape index (κ2) is 8.35. The van der Waals surface area contributed by atoms with Crippen molar-refractivity contribution in [1.29, 1.82) is 0 Å². The van der Waals surface area contributed by atoms with Gasteiger partial charge < -0.3 is 11.1 Å². The topological polar surface area (TPSA) is 116 Å². The molecule has 0 aliphatic rings. The molecule has 3 N–H and O–H groups in total. The maximum absolute atomic E-state index is 12.8. The van der Waals surface area contributed by atoms with Crippen LogP contribution < -0.4 is 11.1 Å². The van der Waals surface area contributed by atoms with E-state index in [2.05, 4.69) is 51.8 Å². The molecular weight excluding hydrogens is 392 g/mol. The molecule has 2 aromatic carbocycles. The number of aryl methyl sites for hydroxylation is 1. The number of nitrogens with one attached hydrogen (secondary N) is 1. The second-order valence-electron chi connectivity index (χ2n) is 7.24. The van der Waals surface area contributed by atoms with Gasteiger partial charge in [0.2, 0.25) is 5.91 Å². The fourth-order valence-electron chi connectivity index (χ4n) is 3.35. The molecule has 0 spiro atoms. The number of rotatable bonds is 6. The van der Waals surface area contributed by atoms with E-state index >= 15 is 0 Å². The summed E-state index contributed by atoms with van der Waals surface area (Å²) >= 11 is 0. The third kappa shape index (κ3) is 4.13. The van der Waals surface area contributed by atoms with Gasteiger partial charge in [-0.05, 0) is 36.6 Å². The number of pyridine rings is 1. The SMILES string of the molecule is CCc1ccc(Cn2nnc(NC(=O)c3cc(C(N)=O)c4ccccc4n3)c2C)cc1. The van der Waals surface area contributed by atoms with Crippen molar-refractivity contribution in [3.8, 4) is 0 Å². The third-order valence-corrected chi connectivity index (χ3v) is 5.19. The van der Waals surface area contributed by atoms with Crippen molar-refractivity contribution in [2.45, 2.75) is 26.8 Å². The molecule has 8 nitrogen and oxygen atoms in total. The maximum Gasteiger partial charge on any atom is 0.275 e. The Kier molecular flexibility index (Phi) is 5.44. The number of nitrogens with zero attached hydrogens (tertiary/aromatic N) is 4. The molecule has 4 aromatic rings. The van der Waals surface area contributed by atoms with E-state index in [-0.39, 0.29) is 11.3 Å². The lowest BCUT2D eigenvalue weighted by atomic mass is 10.1. The summed E-state index contributed by atoms with van der Waals surface area (Å²) < 4.78 is 1.72. The van der Waals surface area contributed by atoms with Crippen LogP contribution in [0.4, 0.5) is 5.82 Å². The van der Waals surface area contributed by atoms with Crippen LogP contribution in [0.5, 0.6) is 0 Å². The second-order valence-corrected chi connectivity index (χ2v) is 7.24. The van der Waals surface area contributed by atoms with Crippen LogP contribution in [0.25, 0.3) is 10.9 Å². The highest BCUT2D eigenvalue weighted by molar-refractivity contribution is 6.10. The molecule has 0 saturated heterocycles. The summed E-state index contributed by atoms with van der Waals surface area (Å²) in [5, 5.41) is 11.6. The summed E-state index contributed by atoms with van der Waals surface area (Å²) in [6, 6.07) is 16.7. The molecule has 2 aromatic heterocycles. The summed E-state index contributed by atoms with van der Waals surface area (Å²) in [5.41, 5.74) is 9.40. The Morgan fingerprint density at radius 2 is 1.77 bits per heavy atom. The molecular formula is C23H22N6O2. The minimum atomic E-state index is -0.621. The summed E-state index contributed by atoms with van der Waals surface area (Å²) in [6.07, 6.45) is 0.985. The average molecular weight is 414 g/mol. The van der Waals surface area contributed by atoms with E-state index in [4.69, 9.17) is 5.73 Å². The molecule has 156 valence electrons.